The lowest BCUT2D eigenvalue weighted by Gasteiger charge is -2.20. The number of halogens is 3. The van der Waals surface area contributed by atoms with E-state index >= 15 is 0 Å². The van der Waals surface area contributed by atoms with Gasteiger partial charge in [-0.2, -0.15) is 0 Å². The molecule has 132 valence electrons. The molecule has 2 nitrogen and oxygen atoms in total. The maximum Gasteiger partial charge on any atom is 0.165 e. The molecule has 0 saturated carbocycles. The van der Waals surface area contributed by atoms with Crippen molar-refractivity contribution in [3.8, 4) is 0 Å². The number of ketones is 1. The topological polar surface area (TPSA) is 29.1 Å². The molecule has 1 unspecified atom stereocenters. The standard InChI is InChI=1S/C21H16Cl2FNO/c22-16-5-1-14(2-6-16)20(25-19-11-7-17(23)8-12-19)13-21(26)15-3-9-18(24)10-4-15/h1-12,20,25H,13H2. The Morgan fingerprint density at radius 3 is 1.96 bits per heavy atom. The Morgan fingerprint density at radius 2 is 1.38 bits per heavy atom. The van der Waals surface area contributed by atoms with Crippen LogP contribution in [0.25, 0.3) is 0 Å². The molecule has 0 spiro atoms. The molecule has 0 heterocycles. The van der Waals surface area contributed by atoms with Gasteiger partial charge in [0.2, 0.25) is 0 Å². The second-order valence-electron chi connectivity index (χ2n) is 5.89. The summed E-state index contributed by atoms with van der Waals surface area (Å²) < 4.78 is 13.1. The van der Waals surface area contributed by atoms with Gasteiger partial charge in [0.1, 0.15) is 5.82 Å². The quantitative estimate of drug-likeness (QED) is 0.485. The fourth-order valence-electron chi connectivity index (χ4n) is 2.63. The van der Waals surface area contributed by atoms with E-state index in [2.05, 4.69) is 5.32 Å². The molecule has 0 aliphatic heterocycles. The van der Waals surface area contributed by atoms with Gasteiger partial charge in [-0.05, 0) is 66.2 Å². The first-order chi connectivity index (χ1) is 12.5. The van der Waals surface area contributed by atoms with Crippen LogP contribution in [-0.4, -0.2) is 5.78 Å². The molecule has 0 fully saturated rings. The lowest BCUT2D eigenvalue weighted by atomic mass is 9.97. The summed E-state index contributed by atoms with van der Waals surface area (Å²) in [5.74, 6) is -0.443. The maximum atomic E-state index is 13.1. The molecule has 0 aliphatic rings. The highest BCUT2D eigenvalue weighted by atomic mass is 35.5. The number of hydrogen-bond acceptors (Lipinski definition) is 2. The maximum absolute atomic E-state index is 13.1. The number of benzene rings is 3. The van der Waals surface area contributed by atoms with Crippen LogP contribution in [0.1, 0.15) is 28.4 Å². The average Bonchev–Trinajstić information content (AvgIpc) is 2.64. The van der Waals surface area contributed by atoms with Crippen LogP contribution in [0.3, 0.4) is 0 Å². The van der Waals surface area contributed by atoms with Gasteiger partial charge in [0.05, 0.1) is 6.04 Å². The van der Waals surface area contributed by atoms with Crippen LogP contribution in [0.2, 0.25) is 10.0 Å². The molecule has 1 N–H and O–H groups in total. The van der Waals surface area contributed by atoms with E-state index in [-0.39, 0.29) is 24.1 Å². The van der Waals surface area contributed by atoms with Crippen molar-refractivity contribution in [1.82, 2.24) is 0 Å². The minimum atomic E-state index is -0.366. The van der Waals surface area contributed by atoms with Crippen molar-refractivity contribution in [1.29, 1.82) is 0 Å². The van der Waals surface area contributed by atoms with Crippen LogP contribution in [-0.2, 0) is 0 Å². The third-order valence-corrected chi connectivity index (χ3v) is 4.52. The van der Waals surface area contributed by atoms with E-state index < -0.39 is 0 Å². The van der Waals surface area contributed by atoms with Gasteiger partial charge in [-0.25, -0.2) is 4.39 Å². The van der Waals surface area contributed by atoms with Gasteiger partial charge in [-0.1, -0.05) is 35.3 Å². The van der Waals surface area contributed by atoms with Crippen LogP contribution in [0, 0.1) is 5.82 Å². The lowest BCUT2D eigenvalue weighted by molar-refractivity contribution is 0.0976. The number of carbonyl (C=O) groups excluding carboxylic acids is 1. The molecule has 3 aromatic rings. The van der Waals surface area contributed by atoms with Crippen molar-refractivity contribution >= 4 is 34.7 Å². The monoisotopic (exact) mass is 387 g/mol. The third kappa shape index (κ3) is 4.84. The van der Waals surface area contributed by atoms with Gasteiger partial charge in [0.25, 0.3) is 0 Å². The number of Topliss-reactive ketones (excluding diaryl/α,β-unsaturated/α-hetero) is 1. The molecule has 0 aromatic heterocycles. The molecule has 0 bridgehead atoms. The zero-order valence-corrected chi connectivity index (χ0v) is 15.3. The van der Waals surface area contributed by atoms with Gasteiger partial charge in [0.15, 0.2) is 5.78 Å². The van der Waals surface area contributed by atoms with Crippen LogP contribution < -0.4 is 5.32 Å². The normalized spacial score (nSPS) is 11.8. The first-order valence-electron chi connectivity index (χ1n) is 8.07. The van der Waals surface area contributed by atoms with Gasteiger partial charge in [-0.15, -0.1) is 0 Å². The molecule has 0 amide bonds. The Balaban J connectivity index is 1.84. The number of hydrogen-bond donors (Lipinski definition) is 1. The molecular formula is C21H16Cl2FNO. The van der Waals surface area contributed by atoms with Gasteiger partial charge in [0, 0.05) is 27.7 Å². The first-order valence-corrected chi connectivity index (χ1v) is 8.83. The van der Waals surface area contributed by atoms with Crippen LogP contribution in [0.5, 0.6) is 0 Å². The number of nitrogens with one attached hydrogen (secondary N) is 1. The van der Waals surface area contributed by atoms with Crippen molar-refractivity contribution in [3.63, 3.8) is 0 Å². The van der Waals surface area contributed by atoms with Crippen molar-refractivity contribution in [2.24, 2.45) is 0 Å². The van der Waals surface area contributed by atoms with Crippen molar-refractivity contribution in [2.45, 2.75) is 12.5 Å². The second-order valence-corrected chi connectivity index (χ2v) is 6.76. The van der Waals surface area contributed by atoms with E-state index in [9.17, 15) is 9.18 Å². The van der Waals surface area contributed by atoms with E-state index in [1.807, 2.05) is 24.3 Å². The Kier molecular flexibility index (Phi) is 5.92. The van der Waals surface area contributed by atoms with Gasteiger partial charge in [-0.3, -0.25) is 4.79 Å². The highest BCUT2D eigenvalue weighted by molar-refractivity contribution is 6.30. The zero-order chi connectivity index (χ0) is 18.5. The van der Waals surface area contributed by atoms with Crippen molar-refractivity contribution in [3.05, 3.63) is 99.8 Å². The van der Waals surface area contributed by atoms with E-state index in [4.69, 9.17) is 23.2 Å². The molecule has 3 rings (SSSR count). The predicted molar refractivity (Wildman–Crippen MR) is 105 cm³/mol. The van der Waals surface area contributed by atoms with Crippen LogP contribution in [0.4, 0.5) is 10.1 Å². The van der Waals surface area contributed by atoms with Crippen LogP contribution >= 0.6 is 23.2 Å². The summed E-state index contributed by atoms with van der Waals surface area (Å²) in [6.07, 6.45) is 0.218. The summed E-state index contributed by atoms with van der Waals surface area (Å²) in [7, 11) is 0. The molecule has 5 heteroatoms. The Labute approximate surface area is 161 Å². The lowest BCUT2D eigenvalue weighted by Crippen LogP contribution is -2.16. The largest absolute Gasteiger partial charge is 0.378 e. The third-order valence-electron chi connectivity index (χ3n) is 4.01. The summed E-state index contributed by atoms with van der Waals surface area (Å²) in [5, 5.41) is 4.63. The molecule has 0 saturated heterocycles. The van der Waals surface area contributed by atoms with Crippen molar-refractivity contribution < 1.29 is 9.18 Å². The van der Waals surface area contributed by atoms with E-state index in [1.54, 1.807) is 24.3 Å². The summed E-state index contributed by atoms with van der Waals surface area (Å²) in [6, 6.07) is 19.9. The van der Waals surface area contributed by atoms with Crippen LogP contribution in [0.15, 0.2) is 72.8 Å². The number of anilines is 1. The first kappa shape index (κ1) is 18.4. The predicted octanol–water partition coefficient (Wildman–Crippen LogP) is 6.56. The molecule has 1 atom stereocenters. The highest BCUT2D eigenvalue weighted by Crippen LogP contribution is 2.26. The molecule has 0 aliphatic carbocycles. The number of carbonyl (C=O) groups is 1. The summed E-state index contributed by atoms with van der Waals surface area (Å²) in [6.45, 7) is 0. The van der Waals surface area contributed by atoms with Gasteiger partial charge < -0.3 is 5.32 Å². The Bertz CT molecular complexity index is 877. The average molecular weight is 388 g/mol. The molecular weight excluding hydrogens is 372 g/mol. The molecule has 3 aromatic carbocycles. The summed E-state index contributed by atoms with van der Waals surface area (Å²) in [5.41, 5.74) is 2.25. The smallest absolute Gasteiger partial charge is 0.165 e. The molecule has 0 radical (unpaired) electrons. The Hall–Kier alpha value is -2.36. The minimum Gasteiger partial charge on any atom is -0.378 e. The fourth-order valence-corrected chi connectivity index (χ4v) is 2.89. The Morgan fingerprint density at radius 1 is 0.846 bits per heavy atom. The molecule has 26 heavy (non-hydrogen) atoms. The fraction of sp³-hybridized carbons (Fsp3) is 0.0952. The highest BCUT2D eigenvalue weighted by Gasteiger charge is 2.17. The minimum absolute atomic E-state index is 0.0774. The zero-order valence-electron chi connectivity index (χ0n) is 13.8. The van der Waals surface area contributed by atoms with E-state index in [1.165, 1.54) is 24.3 Å². The van der Waals surface area contributed by atoms with E-state index in [0.29, 0.717) is 15.6 Å². The number of rotatable bonds is 6. The van der Waals surface area contributed by atoms with E-state index in [0.717, 1.165) is 11.3 Å². The van der Waals surface area contributed by atoms with Gasteiger partial charge >= 0.3 is 0 Å². The van der Waals surface area contributed by atoms with Crippen molar-refractivity contribution in [2.75, 3.05) is 5.32 Å². The summed E-state index contributed by atoms with van der Waals surface area (Å²) >= 11 is 11.9. The second kappa shape index (κ2) is 8.35. The SMILES string of the molecule is O=C(CC(Nc1ccc(Cl)cc1)c1ccc(Cl)cc1)c1ccc(F)cc1. The summed E-state index contributed by atoms with van der Waals surface area (Å²) in [4.78, 5) is 12.6.